The summed E-state index contributed by atoms with van der Waals surface area (Å²) in [6.45, 7) is 2.42. The van der Waals surface area contributed by atoms with Gasteiger partial charge in [0.25, 0.3) is 11.5 Å². The van der Waals surface area contributed by atoms with E-state index >= 15 is 0 Å². The van der Waals surface area contributed by atoms with E-state index in [1.807, 2.05) is 31.2 Å². The molecule has 0 saturated heterocycles. The Balaban J connectivity index is 1.62. The summed E-state index contributed by atoms with van der Waals surface area (Å²) in [5.74, 6) is 0.970. The zero-order chi connectivity index (χ0) is 18.3. The van der Waals surface area contributed by atoms with Crippen LogP contribution in [0.15, 0.2) is 47.5 Å². The largest absolute Gasteiger partial charge is 0.454 e. The average molecular weight is 351 g/mol. The number of pyridine rings is 1. The van der Waals surface area contributed by atoms with E-state index in [1.165, 1.54) is 15.5 Å². The number of fused-ring (bicyclic) bond motifs is 2. The van der Waals surface area contributed by atoms with Crippen LogP contribution in [-0.2, 0) is 6.54 Å². The lowest BCUT2D eigenvalue weighted by Gasteiger charge is -2.17. The number of aromatic nitrogens is 2. The number of rotatable bonds is 3. The van der Waals surface area contributed by atoms with Crippen LogP contribution in [0.5, 0.6) is 11.5 Å². The molecule has 0 unspecified atom stereocenters. The highest BCUT2D eigenvalue weighted by Crippen LogP contribution is 2.32. The van der Waals surface area contributed by atoms with Gasteiger partial charge in [0.1, 0.15) is 11.2 Å². The van der Waals surface area contributed by atoms with Crippen molar-refractivity contribution in [3.8, 4) is 11.5 Å². The van der Waals surface area contributed by atoms with Crippen LogP contribution in [0.1, 0.15) is 21.5 Å². The molecule has 0 fully saturated rings. The molecule has 1 aromatic carbocycles. The van der Waals surface area contributed by atoms with Crippen LogP contribution in [0.3, 0.4) is 0 Å². The molecular formula is C19H17N3O4. The van der Waals surface area contributed by atoms with Crippen LogP contribution in [0.25, 0.3) is 5.65 Å². The van der Waals surface area contributed by atoms with Crippen molar-refractivity contribution in [2.24, 2.45) is 0 Å². The van der Waals surface area contributed by atoms with Crippen molar-refractivity contribution in [1.29, 1.82) is 0 Å². The first-order valence-electron chi connectivity index (χ1n) is 8.15. The molecule has 0 radical (unpaired) electrons. The van der Waals surface area contributed by atoms with Crippen molar-refractivity contribution >= 4 is 11.6 Å². The van der Waals surface area contributed by atoms with Gasteiger partial charge in [0, 0.05) is 26.0 Å². The Labute approximate surface area is 149 Å². The molecule has 7 nitrogen and oxygen atoms in total. The summed E-state index contributed by atoms with van der Waals surface area (Å²) < 4.78 is 12.0. The molecule has 0 bridgehead atoms. The number of carbonyl (C=O) groups is 1. The third-order valence-corrected chi connectivity index (χ3v) is 4.28. The highest BCUT2D eigenvalue weighted by Gasteiger charge is 2.19. The van der Waals surface area contributed by atoms with Gasteiger partial charge >= 0.3 is 0 Å². The first-order chi connectivity index (χ1) is 12.5. The van der Waals surface area contributed by atoms with Crippen LogP contribution in [0, 0.1) is 6.92 Å². The SMILES string of the molecule is Cc1ccc2ncc(C(=O)N(C)Cc3ccc4c(c3)OCO4)c(=O)n2c1. The Morgan fingerprint density at radius 3 is 2.88 bits per heavy atom. The maximum absolute atomic E-state index is 12.7. The Hall–Kier alpha value is -3.35. The number of carbonyl (C=O) groups excluding carboxylic acids is 1. The number of hydrogen-bond acceptors (Lipinski definition) is 5. The third-order valence-electron chi connectivity index (χ3n) is 4.28. The number of ether oxygens (including phenoxy) is 2. The molecule has 0 aliphatic carbocycles. The number of hydrogen-bond donors (Lipinski definition) is 0. The van der Waals surface area contributed by atoms with E-state index in [-0.39, 0.29) is 23.8 Å². The van der Waals surface area contributed by atoms with Gasteiger partial charge in [-0.2, -0.15) is 0 Å². The molecular weight excluding hydrogens is 334 g/mol. The van der Waals surface area contributed by atoms with E-state index in [4.69, 9.17) is 9.47 Å². The van der Waals surface area contributed by atoms with E-state index in [0.29, 0.717) is 23.7 Å². The lowest BCUT2D eigenvalue weighted by molar-refractivity contribution is 0.0782. The predicted molar refractivity (Wildman–Crippen MR) is 94.6 cm³/mol. The van der Waals surface area contributed by atoms with Gasteiger partial charge in [0.05, 0.1) is 0 Å². The zero-order valence-corrected chi connectivity index (χ0v) is 14.4. The van der Waals surface area contributed by atoms with E-state index < -0.39 is 0 Å². The monoisotopic (exact) mass is 351 g/mol. The standard InChI is InChI=1S/C19H17N3O4/c1-12-3-6-17-20-8-14(19(24)22(17)9-12)18(23)21(2)10-13-4-5-15-16(7-13)26-11-25-15/h3-9H,10-11H2,1-2H3. The van der Waals surface area contributed by atoms with Crippen LogP contribution in [0.4, 0.5) is 0 Å². The fourth-order valence-corrected chi connectivity index (χ4v) is 2.92. The van der Waals surface area contributed by atoms with Gasteiger partial charge in [0.2, 0.25) is 6.79 Å². The second-order valence-electron chi connectivity index (χ2n) is 6.26. The van der Waals surface area contributed by atoms with Gasteiger partial charge in [-0.25, -0.2) is 4.98 Å². The Morgan fingerprint density at radius 1 is 1.23 bits per heavy atom. The summed E-state index contributed by atoms with van der Waals surface area (Å²) in [7, 11) is 1.65. The summed E-state index contributed by atoms with van der Waals surface area (Å²) in [5, 5.41) is 0. The van der Waals surface area contributed by atoms with Crippen LogP contribution >= 0.6 is 0 Å². The van der Waals surface area contributed by atoms with Crippen LogP contribution in [0.2, 0.25) is 0 Å². The normalized spacial score (nSPS) is 12.4. The van der Waals surface area contributed by atoms with Crippen molar-refractivity contribution in [1.82, 2.24) is 14.3 Å². The molecule has 0 atom stereocenters. The topological polar surface area (TPSA) is 73.1 Å². The fourth-order valence-electron chi connectivity index (χ4n) is 2.92. The lowest BCUT2D eigenvalue weighted by atomic mass is 10.2. The first-order valence-corrected chi connectivity index (χ1v) is 8.15. The summed E-state index contributed by atoms with van der Waals surface area (Å²) in [6, 6.07) is 9.13. The van der Waals surface area contributed by atoms with Gasteiger partial charge in [-0.15, -0.1) is 0 Å². The van der Waals surface area contributed by atoms with Crippen LogP contribution in [-0.4, -0.2) is 34.0 Å². The fraction of sp³-hybridized carbons (Fsp3) is 0.211. The zero-order valence-electron chi connectivity index (χ0n) is 14.4. The molecule has 1 amide bonds. The third kappa shape index (κ3) is 2.77. The minimum atomic E-state index is -0.379. The number of benzene rings is 1. The molecule has 0 saturated carbocycles. The van der Waals surface area contributed by atoms with Crippen molar-refractivity contribution < 1.29 is 14.3 Å². The number of amides is 1. The quantitative estimate of drug-likeness (QED) is 0.722. The van der Waals surface area contributed by atoms with E-state index in [1.54, 1.807) is 19.3 Å². The number of nitrogens with zero attached hydrogens (tertiary/aromatic N) is 3. The van der Waals surface area contributed by atoms with Crippen molar-refractivity contribution in [3.05, 3.63) is 69.8 Å². The Kier molecular flexibility index (Phi) is 3.84. The molecule has 0 N–H and O–H groups in total. The molecule has 0 spiro atoms. The maximum Gasteiger partial charge on any atom is 0.270 e. The second-order valence-corrected chi connectivity index (χ2v) is 6.26. The first kappa shape index (κ1) is 16.1. The molecule has 3 aromatic rings. The van der Waals surface area contributed by atoms with E-state index in [9.17, 15) is 9.59 Å². The molecule has 7 heteroatoms. The average Bonchev–Trinajstić information content (AvgIpc) is 3.10. The highest BCUT2D eigenvalue weighted by molar-refractivity contribution is 5.93. The molecule has 1 aliphatic rings. The summed E-state index contributed by atoms with van der Waals surface area (Å²) in [5.41, 5.74) is 1.97. The van der Waals surface area contributed by atoms with Crippen molar-refractivity contribution in [3.63, 3.8) is 0 Å². The molecule has 1 aliphatic heterocycles. The molecule has 2 aromatic heterocycles. The van der Waals surface area contributed by atoms with Gasteiger partial charge in [-0.1, -0.05) is 12.1 Å². The van der Waals surface area contributed by atoms with Gasteiger partial charge in [-0.3, -0.25) is 14.0 Å². The summed E-state index contributed by atoms with van der Waals surface area (Å²) >= 11 is 0. The summed E-state index contributed by atoms with van der Waals surface area (Å²) in [4.78, 5) is 31.1. The minimum Gasteiger partial charge on any atom is -0.454 e. The second kappa shape index (κ2) is 6.18. The molecule has 26 heavy (non-hydrogen) atoms. The molecule has 132 valence electrons. The van der Waals surface area contributed by atoms with Gasteiger partial charge in [-0.05, 0) is 36.2 Å². The lowest BCUT2D eigenvalue weighted by Crippen LogP contribution is -2.33. The smallest absolute Gasteiger partial charge is 0.270 e. The van der Waals surface area contributed by atoms with Gasteiger partial charge in [0.15, 0.2) is 11.5 Å². The summed E-state index contributed by atoms with van der Waals surface area (Å²) in [6.07, 6.45) is 3.02. The van der Waals surface area contributed by atoms with Crippen molar-refractivity contribution in [2.75, 3.05) is 13.8 Å². The number of aryl methyl sites for hydroxylation is 1. The van der Waals surface area contributed by atoms with Gasteiger partial charge < -0.3 is 14.4 Å². The predicted octanol–water partition coefficient (Wildman–Crippen LogP) is 2.00. The Morgan fingerprint density at radius 2 is 2.04 bits per heavy atom. The highest BCUT2D eigenvalue weighted by atomic mass is 16.7. The van der Waals surface area contributed by atoms with E-state index in [2.05, 4.69) is 4.98 Å². The van der Waals surface area contributed by atoms with Crippen LogP contribution < -0.4 is 15.0 Å². The Bertz CT molecular complexity index is 1070. The molecule has 3 heterocycles. The van der Waals surface area contributed by atoms with E-state index in [0.717, 1.165) is 11.1 Å². The van der Waals surface area contributed by atoms with Crippen molar-refractivity contribution in [2.45, 2.75) is 13.5 Å². The molecule has 4 rings (SSSR count). The maximum atomic E-state index is 12.7. The minimum absolute atomic E-state index is 0.0383.